The van der Waals surface area contributed by atoms with E-state index in [9.17, 15) is 4.79 Å². The molecular weight excluding hydrogens is 260 g/mol. The van der Waals surface area contributed by atoms with E-state index in [4.69, 9.17) is 22.7 Å². The molecule has 0 spiro atoms. The van der Waals surface area contributed by atoms with Gasteiger partial charge >= 0.3 is 0 Å². The molecule has 3 aliphatic rings. The molecule has 0 radical (unpaired) electrons. The van der Waals surface area contributed by atoms with Crippen LogP contribution in [0.25, 0.3) is 0 Å². The van der Waals surface area contributed by atoms with Crippen LogP contribution in [-0.2, 0) is 9.53 Å². The van der Waals surface area contributed by atoms with E-state index < -0.39 is 5.41 Å². The summed E-state index contributed by atoms with van der Waals surface area (Å²) >= 11 is 5.18. The lowest BCUT2D eigenvalue weighted by Gasteiger charge is -2.36. The van der Waals surface area contributed by atoms with Crippen molar-refractivity contribution in [3.8, 4) is 0 Å². The summed E-state index contributed by atoms with van der Waals surface area (Å²) in [6.45, 7) is 1.14. The molecule has 0 aromatic rings. The van der Waals surface area contributed by atoms with Gasteiger partial charge in [-0.25, -0.2) is 0 Å². The summed E-state index contributed by atoms with van der Waals surface area (Å²) in [4.78, 5) is 13.0. The second-order valence-corrected chi connectivity index (χ2v) is 6.67. The topological polar surface area (TPSA) is 64.4 Å². The molecule has 0 aromatic carbocycles. The zero-order valence-electron chi connectivity index (χ0n) is 11.2. The molecular formula is C14H22N2O2S. The van der Waals surface area contributed by atoms with Crippen LogP contribution in [0.4, 0.5) is 0 Å². The number of ether oxygens (including phenoxy) is 1. The number of carbonyl (C=O) groups is 1. The number of rotatable bonds is 5. The number of amides is 1. The van der Waals surface area contributed by atoms with Crippen LogP contribution in [0.5, 0.6) is 0 Å². The van der Waals surface area contributed by atoms with Crippen LogP contribution in [0.3, 0.4) is 0 Å². The van der Waals surface area contributed by atoms with Gasteiger partial charge in [-0.05, 0) is 50.4 Å². The second-order valence-electron chi connectivity index (χ2n) is 6.23. The fraction of sp³-hybridized carbons (Fsp3) is 0.857. The minimum absolute atomic E-state index is 0.0482. The molecule has 3 fully saturated rings. The van der Waals surface area contributed by atoms with Crippen LogP contribution < -0.4 is 11.1 Å². The van der Waals surface area contributed by atoms with E-state index in [1.165, 1.54) is 25.7 Å². The van der Waals surface area contributed by atoms with Gasteiger partial charge < -0.3 is 15.8 Å². The van der Waals surface area contributed by atoms with Gasteiger partial charge in [0, 0.05) is 19.3 Å². The molecule has 4 nitrogen and oxygen atoms in total. The average Bonchev–Trinajstić information content (AvgIpc) is 3.29. The Morgan fingerprint density at radius 3 is 2.16 bits per heavy atom. The summed E-state index contributed by atoms with van der Waals surface area (Å²) in [6.07, 6.45) is 6.26. The molecule has 3 rings (SSSR count). The van der Waals surface area contributed by atoms with E-state index in [0.717, 1.165) is 0 Å². The second kappa shape index (κ2) is 5.02. The quantitative estimate of drug-likeness (QED) is 0.748. The highest BCUT2D eigenvalue weighted by Crippen LogP contribution is 2.45. The fourth-order valence-electron chi connectivity index (χ4n) is 3.13. The highest BCUT2D eigenvalue weighted by atomic mass is 32.1. The third-order valence-electron chi connectivity index (χ3n) is 4.81. The molecule has 0 unspecified atom stereocenters. The molecule has 106 valence electrons. The molecule has 1 heterocycles. The number of hydrogen-bond acceptors (Lipinski definition) is 3. The largest absolute Gasteiger partial charge is 0.392 e. The van der Waals surface area contributed by atoms with Gasteiger partial charge in [-0.1, -0.05) is 12.2 Å². The van der Waals surface area contributed by atoms with Crippen molar-refractivity contribution in [1.82, 2.24) is 5.32 Å². The molecule has 1 amide bonds. The van der Waals surface area contributed by atoms with Crippen LogP contribution in [-0.4, -0.2) is 30.2 Å². The molecule has 2 aliphatic carbocycles. The number of nitrogens with two attached hydrogens (primary N) is 1. The standard InChI is InChI=1S/C14H22N2O2S/c15-12(19)14(5-7-18-8-6-14)13(17)16-11(9-1-2-9)10-3-4-10/h9-11H,1-8H2,(H2,15,19)(H,16,17). The van der Waals surface area contributed by atoms with Gasteiger partial charge in [0.2, 0.25) is 5.91 Å². The zero-order chi connectivity index (χ0) is 13.5. The average molecular weight is 282 g/mol. The summed E-state index contributed by atoms with van der Waals surface area (Å²) in [5, 5.41) is 3.27. The molecule has 1 aliphatic heterocycles. The highest BCUT2D eigenvalue weighted by Gasteiger charge is 2.48. The van der Waals surface area contributed by atoms with Gasteiger partial charge in [-0.3, -0.25) is 4.79 Å². The van der Waals surface area contributed by atoms with Crippen molar-refractivity contribution in [1.29, 1.82) is 0 Å². The summed E-state index contributed by atoms with van der Waals surface area (Å²) in [7, 11) is 0. The van der Waals surface area contributed by atoms with Crippen molar-refractivity contribution in [3.63, 3.8) is 0 Å². The van der Waals surface area contributed by atoms with E-state index in [2.05, 4.69) is 5.32 Å². The fourth-order valence-corrected chi connectivity index (χ4v) is 3.42. The first kappa shape index (κ1) is 13.3. The molecule has 3 N–H and O–H groups in total. The van der Waals surface area contributed by atoms with Crippen molar-refractivity contribution in [2.24, 2.45) is 23.0 Å². The van der Waals surface area contributed by atoms with Gasteiger partial charge in [0.1, 0.15) is 5.41 Å². The maximum absolute atomic E-state index is 12.7. The monoisotopic (exact) mass is 282 g/mol. The van der Waals surface area contributed by atoms with Crippen molar-refractivity contribution in [2.45, 2.75) is 44.6 Å². The maximum atomic E-state index is 12.7. The first-order chi connectivity index (χ1) is 9.13. The molecule has 0 aromatic heterocycles. The van der Waals surface area contributed by atoms with E-state index >= 15 is 0 Å². The first-order valence-electron chi connectivity index (χ1n) is 7.32. The highest BCUT2D eigenvalue weighted by molar-refractivity contribution is 7.80. The Kier molecular flexibility index (Phi) is 3.52. The Balaban J connectivity index is 1.70. The summed E-state index contributed by atoms with van der Waals surface area (Å²) in [5.41, 5.74) is 5.21. The van der Waals surface area contributed by atoms with E-state index in [1.807, 2.05) is 0 Å². The van der Waals surface area contributed by atoms with E-state index in [-0.39, 0.29) is 5.91 Å². The third-order valence-corrected chi connectivity index (χ3v) is 5.20. The number of hydrogen-bond donors (Lipinski definition) is 2. The molecule has 5 heteroatoms. The van der Waals surface area contributed by atoms with Crippen molar-refractivity contribution < 1.29 is 9.53 Å². The van der Waals surface area contributed by atoms with Crippen LogP contribution in [0.15, 0.2) is 0 Å². The third kappa shape index (κ3) is 2.63. The Morgan fingerprint density at radius 1 is 1.21 bits per heavy atom. The SMILES string of the molecule is NC(=S)C1(C(=O)NC(C2CC2)C2CC2)CCOCC1. The van der Waals surface area contributed by atoms with Crippen LogP contribution in [0, 0.1) is 17.3 Å². The van der Waals surface area contributed by atoms with Gasteiger partial charge in [0.05, 0.1) is 4.99 Å². The smallest absolute Gasteiger partial charge is 0.233 e. The lowest BCUT2D eigenvalue weighted by Crippen LogP contribution is -2.54. The van der Waals surface area contributed by atoms with Crippen molar-refractivity contribution in [2.75, 3.05) is 13.2 Å². The minimum Gasteiger partial charge on any atom is -0.392 e. The van der Waals surface area contributed by atoms with Gasteiger partial charge in [-0.2, -0.15) is 0 Å². The predicted molar refractivity (Wildman–Crippen MR) is 76.7 cm³/mol. The number of nitrogens with one attached hydrogen (secondary N) is 1. The Labute approximate surface area is 119 Å². The lowest BCUT2D eigenvalue weighted by molar-refractivity contribution is -0.132. The van der Waals surface area contributed by atoms with Gasteiger partial charge in [0.25, 0.3) is 0 Å². The summed E-state index contributed by atoms with van der Waals surface area (Å²) in [6, 6.07) is 0.363. The minimum atomic E-state index is -0.671. The van der Waals surface area contributed by atoms with Gasteiger partial charge in [-0.15, -0.1) is 0 Å². The van der Waals surface area contributed by atoms with E-state index in [0.29, 0.717) is 48.9 Å². The molecule has 1 saturated heterocycles. The Bertz CT molecular complexity index is 373. The molecule has 0 bridgehead atoms. The molecule has 19 heavy (non-hydrogen) atoms. The van der Waals surface area contributed by atoms with E-state index in [1.54, 1.807) is 0 Å². The molecule has 2 saturated carbocycles. The summed E-state index contributed by atoms with van der Waals surface area (Å²) in [5.74, 6) is 1.44. The number of thiocarbonyl (C=S) groups is 1. The van der Waals surface area contributed by atoms with Crippen molar-refractivity contribution in [3.05, 3.63) is 0 Å². The van der Waals surface area contributed by atoms with Crippen molar-refractivity contribution >= 4 is 23.1 Å². The van der Waals surface area contributed by atoms with Crippen LogP contribution >= 0.6 is 12.2 Å². The van der Waals surface area contributed by atoms with Gasteiger partial charge in [0.15, 0.2) is 0 Å². The lowest BCUT2D eigenvalue weighted by atomic mass is 9.78. The first-order valence-corrected chi connectivity index (χ1v) is 7.73. The Morgan fingerprint density at radius 2 is 1.74 bits per heavy atom. The maximum Gasteiger partial charge on any atom is 0.233 e. The van der Waals surface area contributed by atoms with Crippen LogP contribution in [0.2, 0.25) is 0 Å². The molecule has 0 atom stereocenters. The number of carbonyl (C=O) groups excluding carboxylic acids is 1. The van der Waals surface area contributed by atoms with Crippen LogP contribution in [0.1, 0.15) is 38.5 Å². The Hall–Kier alpha value is -0.680. The normalized spacial score (nSPS) is 26.2. The summed E-state index contributed by atoms with van der Waals surface area (Å²) < 4.78 is 5.35. The predicted octanol–water partition coefficient (Wildman–Crippen LogP) is 1.37. The zero-order valence-corrected chi connectivity index (χ0v) is 12.0.